The fourth-order valence-corrected chi connectivity index (χ4v) is 3.81. The highest BCUT2D eigenvalue weighted by Crippen LogP contribution is 2.29. The largest absolute Gasteiger partial charge is 0.496 e. The fraction of sp³-hybridized carbons (Fsp3) is 0.294. The van der Waals surface area contributed by atoms with Gasteiger partial charge in [-0.3, -0.25) is 0 Å². The number of halogens is 3. The summed E-state index contributed by atoms with van der Waals surface area (Å²) in [6.45, 7) is -2.84. The van der Waals surface area contributed by atoms with Crippen molar-refractivity contribution in [3.63, 3.8) is 0 Å². The molecular formula is C17H18ClF2NO4S. The van der Waals surface area contributed by atoms with Crippen LogP contribution in [0.2, 0.25) is 5.02 Å². The number of ether oxygens (including phenoxy) is 2. The van der Waals surface area contributed by atoms with Crippen molar-refractivity contribution in [1.82, 2.24) is 4.31 Å². The van der Waals surface area contributed by atoms with Crippen molar-refractivity contribution in [2.45, 2.75) is 17.9 Å². The first-order valence-corrected chi connectivity index (χ1v) is 9.40. The summed E-state index contributed by atoms with van der Waals surface area (Å²) in [4.78, 5) is -0.105. The molecule has 0 aliphatic carbocycles. The molecule has 0 aliphatic rings. The van der Waals surface area contributed by atoms with Crippen LogP contribution in [0.3, 0.4) is 0 Å². The van der Waals surface area contributed by atoms with Crippen LogP contribution in [0.15, 0.2) is 47.4 Å². The summed E-state index contributed by atoms with van der Waals surface area (Å²) in [6, 6.07) is 10.7. The quantitative estimate of drug-likeness (QED) is 0.670. The molecule has 5 nitrogen and oxygen atoms in total. The minimum Gasteiger partial charge on any atom is -0.496 e. The lowest BCUT2D eigenvalue weighted by Crippen LogP contribution is -2.29. The molecule has 26 heavy (non-hydrogen) atoms. The molecule has 0 radical (unpaired) electrons. The van der Waals surface area contributed by atoms with E-state index in [4.69, 9.17) is 16.3 Å². The van der Waals surface area contributed by atoms with E-state index in [1.807, 2.05) is 18.2 Å². The second kappa shape index (κ2) is 8.66. The van der Waals surface area contributed by atoms with Crippen molar-refractivity contribution in [1.29, 1.82) is 0 Å². The predicted octanol–water partition coefficient (Wildman–Crippen LogP) is 3.81. The Balaban J connectivity index is 2.14. The topological polar surface area (TPSA) is 55.8 Å². The molecule has 2 aromatic rings. The average molecular weight is 406 g/mol. The number of benzene rings is 2. The highest BCUT2D eigenvalue weighted by atomic mass is 35.5. The second-order valence-electron chi connectivity index (χ2n) is 5.36. The van der Waals surface area contributed by atoms with Gasteiger partial charge in [-0.15, -0.1) is 0 Å². The monoisotopic (exact) mass is 405 g/mol. The first-order valence-electron chi connectivity index (χ1n) is 7.58. The van der Waals surface area contributed by atoms with E-state index in [0.29, 0.717) is 12.2 Å². The van der Waals surface area contributed by atoms with Crippen LogP contribution in [0.5, 0.6) is 11.5 Å². The molecule has 0 atom stereocenters. The zero-order valence-corrected chi connectivity index (χ0v) is 15.7. The molecule has 142 valence electrons. The van der Waals surface area contributed by atoms with Crippen LogP contribution in [0.4, 0.5) is 8.78 Å². The number of para-hydroxylation sites is 1. The van der Waals surface area contributed by atoms with Crippen molar-refractivity contribution < 1.29 is 26.7 Å². The van der Waals surface area contributed by atoms with Gasteiger partial charge in [0.15, 0.2) is 0 Å². The third-order valence-corrected chi connectivity index (χ3v) is 5.86. The van der Waals surface area contributed by atoms with Crippen LogP contribution in [0.25, 0.3) is 0 Å². The summed E-state index contributed by atoms with van der Waals surface area (Å²) >= 11 is 5.84. The van der Waals surface area contributed by atoms with Crippen molar-refractivity contribution in [3.8, 4) is 11.5 Å². The number of methoxy groups -OCH3 is 1. The molecule has 0 saturated heterocycles. The molecule has 2 rings (SSSR count). The smallest absolute Gasteiger partial charge is 0.387 e. The molecule has 0 spiro atoms. The summed E-state index contributed by atoms with van der Waals surface area (Å²) < 4.78 is 60.4. The lowest BCUT2D eigenvalue weighted by Gasteiger charge is -2.18. The van der Waals surface area contributed by atoms with Gasteiger partial charge < -0.3 is 9.47 Å². The zero-order valence-electron chi connectivity index (χ0n) is 14.2. The zero-order chi connectivity index (χ0) is 19.3. The normalized spacial score (nSPS) is 11.8. The summed E-state index contributed by atoms with van der Waals surface area (Å²) in [5, 5.41) is -0.204. The number of rotatable bonds is 8. The van der Waals surface area contributed by atoms with Gasteiger partial charge in [0.2, 0.25) is 10.0 Å². The summed E-state index contributed by atoms with van der Waals surface area (Å²) in [5.41, 5.74) is 0.871. The molecule has 0 unspecified atom stereocenters. The highest BCUT2D eigenvalue weighted by Gasteiger charge is 2.22. The van der Waals surface area contributed by atoms with E-state index in [2.05, 4.69) is 4.74 Å². The van der Waals surface area contributed by atoms with E-state index in [0.717, 1.165) is 17.7 Å². The van der Waals surface area contributed by atoms with Gasteiger partial charge in [0.25, 0.3) is 0 Å². The Kier molecular flexibility index (Phi) is 6.80. The summed E-state index contributed by atoms with van der Waals surface area (Å²) in [5.74, 6) is 0.395. The lowest BCUT2D eigenvalue weighted by atomic mass is 10.1. The predicted molar refractivity (Wildman–Crippen MR) is 94.6 cm³/mol. The maximum atomic E-state index is 12.6. The number of hydrogen-bond acceptors (Lipinski definition) is 4. The van der Waals surface area contributed by atoms with E-state index in [1.54, 1.807) is 13.2 Å². The Morgan fingerprint density at radius 2 is 1.85 bits per heavy atom. The van der Waals surface area contributed by atoms with Gasteiger partial charge in [-0.1, -0.05) is 29.8 Å². The van der Waals surface area contributed by atoms with Gasteiger partial charge in [-0.2, -0.15) is 8.78 Å². The number of hydrogen-bond donors (Lipinski definition) is 0. The van der Waals surface area contributed by atoms with Crippen LogP contribution in [0.1, 0.15) is 5.56 Å². The molecule has 0 bridgehead atoms. The molecule has 2 aromatic carbocycles. The molecule has 0 fully saturated rings. The minimum atomic E-state index is -3.83. The second-order valence-corrected chi connectivity index (χ2v) is 7.81. The molecule has 0 amide bonds. The van der Waals surface area contributed by atoms with E-state index in [9.17, 15) is 17.2 Å². The minimum absolute atomic E-state index is 0.105. The number of nitrogens with zero attached hydrogens (tertiary/aromatic N) is 1. The lowest BCUT2D eigenvalue weighted by molar-refractivity contribution is -0.0498. The van der Waals surface area contributed by atoms with Crippen LogP contribution in [-0.4, -0.2) is 40.0 Å². The van der Waals surface area contributed by atoms with Crippen LogP contribution < -0.4 is 9.47 Å². The standard InChI is InChI=1S/C17H18ClF2NO4S/c1-21(10-9-12-5-3-4-6-15(12)24-2)26(22,23)13-7-8-16(14(18)11-13)25-17(19)20/h3-8,11,17H,9-10H2,1-2H3. The van der Waals surface area contributed by atoms with Gasteiger partial charge >= 0.3 is 6.61 Å². The first kappa shape index (κ1) is 20.4. The van der Waals surface area contributed by atoms with Crippen LogP contribution >= 0.6 is 11.6 Å². The Hall–Kier alpha value is -1.90. The Morgan fingerprint density at radius 3 is 2.46 bits per heavy atom. The van der Waals surface area contributed by atoms with Gasteiger partial charge in [-0.25, -0.2) is 12.7 Å². The maximum absolute atomic E-state index is 12.6. The molecule has 0 heterocycles. The molecule has 0 N–H and O–H groups in total. The van der Waals surface area contributed by atoms with Crippen molar-refractivity contribution in [3.05, 3.63) is 53.1 Å². The van der Waals surface area contributed by atoms with Gasteiger partial charge in [-0.05, 0) is 36.2 Å². The summed E-state index contributed by atoms with van der Waals surface area (Å²) in [6.07, 6.45) is 0.444. The van der Waals surface area contributed by atoms with Crippen LogP contribution in [0, 0.1) is 0 Å². The number of sulfonamides is 1. The summed E-state index contributed by atoms with van der Waals surface area (Å²) in [7, 11) is -0.853. The third kappa shape index (κ3) is 4.84. The van der Waals surface area contributed by atoms with E-state index in [-0.39, 0.29) is 22.2 Å². The van der Waals surface area contributed by atoms with E-state index >= 15 is 0 Å². The fourth-order valence-electron chi connectivity index (χ4n) is 2.32. The van der Waals surface area contributed by atoms with Crippen LogP contribution in [-0.2, 0) is 16.4 Å². The number of likely N-dealkylation sites (N-methyl/N-ethyl adjacent to an activating group) is 1. The maximum Gasteiger partial charge on any atom is 0.387 e. The van der Waals surface area contributed by atoms with Crippen molar-refractivity contribution in [2.75, 3.05) is 20.7 Å². The Morgan fingerprint density at radius 1 is 1.15 bits per heavy atom. The molecule has 0 aliphatic heterocycles. The molecule has 9 heteroatoms. The first-order chi connectivity index (χ1) is 12.3. The van der Waals surface area contributed by atoms with E-state index < -0.39 is 16.6 Å². The Labute approximate surface area is 156 Å². The van der Waals surface area contributed by atoms with Crippen molar-refractivity contribution >= 4 is 21.6 Å². The van der Waals surface area contributed by atoms with Gasteiger partial charge in [0.05, 0.1) is 17.0 Å². The average Bonchev–Trinajstić information content (AvgIpc) is 2.61. The number of alkyl halides is 2. The Bertz CT molecular complexity index is 862. The third-order valence-electron chi connectivity index (χ3n) is 3.72. The molecular weight excluding hydrogens is 388 g/mol. The van der Waals surface area contributed by atoms with Crippen molar-refractivity contribution in [2.24, 2.45) is 0 Å². The van der Waals surface area contributed by atoms with Gasteiger partial charge in [0, 0.05) is 13.6 Å². The van der Waals surface area contributed by atoms with E-state index in [1.165, 1.54) is 17.4 Å². The molecule has 0 saturated carbocycles. The SMILES string of the molecule is COc1ccccc1CCN(C)S(=O)(=O)c1ccc(OC(F)F)c(Cl)c1. The molecule has 0 aromatic heterocycles. The highest BCUT2D eigenvalue weighted by molar-refractivity contribution is 7.89. The van der Waals surface area contributed by atoms with Gasteiger partial charge in [0.1, 0.15) is 11.5 Å².